The zero-order valence-corrected chi connectivity index (χ0v) is 17.9. The summed E-state index contributed by atoms with van der Waals surface area (Å²) in [5.74, 6) is -0.495. The van der Waals surface area contributed by atoms with Gasteiger partial charge in [0.1, 0.15) is 5.82 Å². The molecule has 0 bridgehead atoms. The Hall–Kier alpha value is -2.13. The summed E-state index contributed by atoms with van der Waals surface area (Å²) >= 11 is 1.47. The number of halogens is 1. The molecule has 2 aliphatic rings. The highest BCUT2D eigenvalue weighted by atomic mass is 32.1. The Balaban J connectivity index is 0.000000589. The lowest BCUT2D eigenvalue weighted by Crippen LogP contribution is -2.38. The molecule has 2 heterocycles. The monoisotopic (exact) mass is 433 g/mol. The number of esters is 1. The number of Topliss-reactive ketones (excluding diaryl/α,β-unsaturated/α-hetero) is 1. The van der Waals surface area contributed by atoms with Gasteiger partial charge in [-0.2, -0.15) is 0 Å². The SMILES string of the molecule is CC(=O)Oc1cc2c(s1)CCN(C(C(=O)C1CC1)c1ccccc1F)C2.NCCN. The Morgan fingerprint density at radius 3 is 2.57 bits per heavy atom. The lowest BCUT2D eigenvalue weighted by Gasteiger charge is -2.34. The Kier molecular flexibility index (Phi) is 7.71. The molecule has 6 nitrogen and oxygen atoms in total. The minimum absolute atomic E-state index is 0.0556. The highest BCUT2D eigenvalue weighted by molar-refractivity contribution is 7.14. The molecular formula is C22H28FN3O3S. The molecule has 1 atom stereocenters. The molecule has 1 aliphatic heterocycles. The van der Waals surface area contributed by atoms with E-state index < -0.39 is 6.04 Å². The predicted octanol–water partition coefficient (Wildman–Crippen LogP) is 2.79. The third-order valence-electron chi connectivity index (χ3n) is 5.10. The maximum absolute atomic E-state index is 14.4. The smallest absolute Gasteiger partial charge is 0.308 e. The van der Waals surface area contributed by atoms with Crippen LogP contribution >= 0.6 is 11.3 Å². The normalized spacial score (nSPS) is 16.8. The first-order valence-electron chi connectivity index (χ1n) is 10.2. The number of hydrogen-bond acceptors (Lipinski definition) is 7. The van der Waals surface area contributed by atoms with Crippen molar-refractivity contribution in [3.05, 3.63) is 52.2 Å². The minimum atomic E-state index is -0.547. The van der Waals surface area contributed by atoms with E-state index >= 15 is 0 Å². The van der Waals surface area contributed by atoms with Crippen LogP contribution in [0.3, 0.4) is 0 Å². The summed E-state index contributed by atoms with van der Waals surface area (Å²) in [7, 11) is 0. The summed E-state index contributed by atoms with van der Waals surface area (Å²) in [6.45, 7) is 3.82. The van der Waals surface area contributed by atoms with Crippen molar-refractivity contribution >= 4 is 23.1 Å². The van der Waals surface area contributed by atoms with E-state index in [0.717, 1.165) is 24.8 Å². The Morgan fingerprint density at radius 1 is 1.27 bits per heavy atom. The molecule has 0 amide bonds. The summed E-state index contributed by atoms with van der Waals surface area (Å²) in [5.41, 5.74) is 11.3. The number of hydrogen-bond donors (Lipinski definition) is 2. The maximum atomic E-state index is 14.4. The van der Waals surface area contributed by atoms with E-state index in [1.165, 1.54) is 29.2 Å². The molecule has 4 rings (SSSR count). The van der Waals surface area contributed by atoms with E-state index in [4.69, 9.17) is 16.2 Å². The largest absolute Gasteiger partial charge is 0.416 e. The Labute approximate surface area is 180 Å². The average Bonchev–Trinajstić information content (AvgIpc) is 3.50. The molecule has 1 saturated carbocycles. The number of ether oxygens (including phenoxy) is 1. The molecule has 1 unspecified atom stereocenters. The van der Waals surface area contributed by atoms with Crippen LogP contribution in [-0.2, 0) is 22.6 Å². The van der Waals surface area contributed by atoms with E-state index in [2.05, 4.69) is 4.90 Å². The number of rotatable bonds is 6. The summed E-state index contributed by atoms with van der Waals surface area (Å²) < 4.78 is 19.6. The summed E-state index contributed by atoms with van der Waals surface area (Å²) in [6.07, 6.45) is 2.57. The van der Waals surface area contributed by atoms with Crippen molar-refractivity contribution in [2.24, 2.45) is 17.4 Å². The van der Waals surface area contributed by atoms with Crippen LogP contribution in [0, 0.1) is 11.7 Å². The van der Waals surface area contributed by atoms with Crippen molar-refractivity contribution in [2.75, 3.05) is 19.6 Å². The second kappa shape index (κ2) is 10.3. The fourth-order valence-electron chi connectivity index (χ4n) is 3.56. The number of nitrogens with zero attached hydrogens (tertiary/aromatic N) is 1. The zero-order chi connectivity index (χ0) is 21.7. The van der Waals surface area contributed by atoms with Crippen LogP contribution in [0.15, 0.2) is 30.3 Å². The fourth-order valence-corrected chi connectivity index (χ4v) is 4.61. The first kappa shape index (κ1) is 22.6. The highest BCUT2D eigenvalue weighted by Crippen LogP contribution is 2.41. The lowest BCUT2D eigenvalue weighted by atomic mass is 9.95. The highest BCUT2D eigenvalue weighted by Gasteiger charge is 2.40. The van der Waals surface area contributed by atoms with Crippen molar-refractivity contribution < 1.29 is 18.7 Å². The third kappa shape index (κ3) is 5.51. The van der Waals surface area contributed by atoms with Gasteiger partial charge in [-0.1, -0.05) is 18.2 Å². The number of ketones is 1. The van der Waals surface area contributed by atoms with Gasteiger partial charge in [-0.3, -0.25) is 14.5 Å². The van der Waals surface area contributed by atoms with Crippen LogP contribution in [-0.4, -0.2) is 36.3 Å². The number of carbonyl (C=O) groups excluding carboxylic acids is 2. The molecule has 0 saturated heterocycles. The maximum Gasteiger partial charge on any atom is 0.308 e. The predicted molar refractivity (Wildman–Crippen MR) is 115 cm³/mol. The van der Waals surface area contributed by atoms with Gasteiger partial charge in [-0.25, -0.2) is 4.39 Å². The summed E-state index contributed by atoms with van der Waals surface area (Å²) in [4.78, 5) is 27.4. The number of benzene rings is 1. The first-order valence-corrected chi connectivity index (χ1v) is 11.0. The molecule has 4 N–H and O–H groups in total. The van der Waals surface area contributed by atoms with Crippen molar-refractivity contribution in [1.82, 2.24) is 4.90 Å². The zero-order valence-electron chi connectivity index (χ0n) is 17.1. The molecule has 1 aromatic heterocycles. The second-order valence-corrected chi connectivity index (χ2v) is 8.61. The van der Waals surface area contributed by atoms with Crippen LogP contribution in [0.5, 0.6) is 5.06 Å². The molecule has 0 radical (unpaired) electrons. The standard InChI is InChI=1S/C20H20FNO3S.C2H8N2/c1-12(23)25-18-10-14-11-22(9-8-17(14)26-18)19(20(24)13-6-7-13)15-4-2-3-5-16(15)21;3-1-2-4/h2-5,10,13,19H,6-9,11H2,1H3;1-4H2. The molecule has 2 aromatic rings. The quantitative estimate of drug-likeness (QED) is 0.680. The summed E-state index contributed by atoms with van der Waals surface area (Å²) in [6, 6.07) is 7.89. The lowest BCUT2D eigenvalue weighted by molar-refractivity contribution is -0.131. The van der Waals surface area contributed by atoms with Gasteiger partial charge in [0, 0.05) is 49.5 Å². The van der Waals surface area contributed by atoms with Crippen molar-refractivity contribution in [3.8, 4) is 5.06 Å². The van der Waals surface area contributed by atoms with Crippen LogP contribution in [0.25, 0.3) is 0 Å². The van der Waals surface area contributed by atoms with Crippen molar-refractivity contribution in [1.29, 1.82) is 0 Å². The number of thiophene rings is 1. The molecule has 162 valence electrons. The summed E-state index contributed by atoms with van der Waals surface area (Å²) in [5, 5.41) is 0.584. The molecule has 1 aliphatic carbocycles. The molecule has 0 spiro atoms. The molecule has 1 aromatic carbocycles. The second-order valence-electron chi connectivity index (χ2n) is 7.51. The number of nitrogens with two attached hydrogens (primary N) is 2. The van der Waals surface area contributed by atoms with Gasteiger partial charge in [-0.05, 0) is 37.0 Å². The van der Waals surface area contributed by atoms with Crippen molar-refractivity contribution in [3.63, 3.8) is 0 Å². The third-order valence-corrected chi connectivity index (χ3v) is 6.21. The number of fused-ring (bicyclic) bond motifs is 1. The van der Waals surface area contributed by atoms with Gasteiger partial charge in [0.05, 0.1) is 6.04 Å². The van der Waals surface area contributed by atoms with Crippen molar-refractivity contribution in [2.45, 2.75) is 38.8 Å². The van der Waals surface area contributed by atoms with E-state index in [1.807, 2.05) is 6.07 Å². The fraction of sp³-hybridized carbons (Fsp3) is 0.455. The van der Waals surface area contributed by atoms with Gasteiger partial charge in [0.15, 0.2) is 10.8 Å². The van der Waals surface area contributed by atoms with E-state index in [0.29, 0.717) is 36.8 Å². The van der Waals surface area contributed by atoms with Gasteiger partial charge < -0.3 is 16.2 Å². The van der Waals surface area contributed by atoms with E-state index in [1.54, 1.807) is 18.2 Å². The van der Waals surface area contributed by atoms with E-state index in [-0.39, 0.29) is 23.5 Å². The topological polar surface area (TPSA) is 98.6 Å². The van der Waals surface area contributed by atoms with Gasteiger partial charge in [0.25, 0.3) is 0 Å². The van der Waals surface area contributed by atoms with Crippen LogP contribution in [0.2, 0.25) is 0 Å². The van der Waals surface area contributed by atoms with Crippen LogP contribution < -0.4 is 16.2 Å². The molecule has 1 fully saturated rings. The minimum Gasteiger partial charge on any atom is -0.416 e. The van der Waals surface area contributed by atoms with Gasteiger partial charge in [-0.15, -0.1) is 11.3 Å². The van der Waals surface area contributed by atoms with Crippen LogP contribution in [0.4, 0.5) is 4.39 Å². The van der Waals surface area contributed by atoms with E-state index in [9.17, 15) is 14.0 Å². The first-order chi connectivity index (χ1) is 14.4. The van der Waals surface area contributed by atoms with Gasteiger partial charge >= 0.3 is 5.97 Å². The van der Waals surface area contributed by atoms with Crippen LogP contribution in [0.1, 0.15) is 41.8 Å². The number of carbonyl (C=O) groups is 2. The molecule has 30 heavy (non-hydrogen) atoms. The molecular weight excluding hydrogens is 405 g/mol. The Bertz CT molecular complexity index is 896. The van der Waals surface area contributed by atoms with Gasteiger partial charge in [0.2, 0.25) is 0 Å². The Morgan fingerprint density at radius 2 is 1.97 bits per heavy atom. The average molecular weight is 434 g/mol. The molecule has 8 heteroatoms.